The molecule has 3 heterocycles. The molecule has 1 aliphatic rings. The minimum atomic E-state index is 0.521. The van der Waals surface area contributed by atoms with Gasteiger partial charge in [-0.2, -0.15) is 0 Å². The van der Waals surface area contributed by atoms with Gasteiger partial charge in [-0.1, -0.05) is 19.4 Å². The van der Waals surface area contributed by atoms with E-state index in [0.29, 0.717) is 5.92 Å². The number of unbranched alkanes of at least 4 members (excludes halogenated alkanes) is 1. The molecule has 0 unspecified atom stereocenters. The average Bonchev–Trinajstić information content (AvgIpc) is 3.02. The summed E-state index contributed by atoms with van der Waals surface area (Å²) in [6.07, 6.45) is 10.8. The number of pyridine rings is 1. The zero-order chi connectivity index (χ0) is 14.5. The second kappa shape index (κ2) is 6.74. The SMILES string of the molecule is CCCCn1ccnc1[C@@H]1CCCN(c2ccccn2)C1. The number of piperidine rings is 1. The zero-order valence-electron chi connectivity index (χ0n) is 12.8. The van der Waals surface area contributed by atoms with E-state index in [4.69, 9.17) is 0 Å². The summed E-state index contributed by atoms with van der Waals surface area (Å²) in [5.41, 5.74) is 0. The number of aromatic nitrogens is 3. The van der Waals surface area contributed by atoms with Gasteiger partial charge < -0.3 is 9.47 Å². The summed E-state index contributed by atoms with van der Waals surface area (Å²) in [5, 5.41) is 0. The first kappa shape index (κ1) is 14.1. The van der Waals surface area contributed by atoms with Crippen LogP contribution in [0.4, 0.5) is 5.82 Å². The normalized spacial score (nSPS) is 18.9. The maximum absolute atomic E-state index is 4.64. The first-order valence-electron chi connectivity index (χ1n) is 8.05. The number of hydrogen-bond donors (Lipinski definition) is 0. The standard InChI is InChI=1S/C17H24N4/c1-2-3-11-20-13-10-19-17(20)15-7-6-12-21(14-15)16-8-4-5-9-18-16/h4-5,8-10,13,15H,2-3,6-7,11-12,14H2,1H3/t15-/m1/s1. The molecular formula is C17H24N4. The van der Waals surface area contributed by atoms with E-state index >= 15 is 0 Å². The molecule has 0 amide bonds. The molecule has 0 radical (unpaired) electrons. The highest BCUT2D eigenvalue weighted by Crippen LogP contribution is 2.28. The Labute approximate surface area is 126 Å². The van der Waals surface area contributed by atoms with Crippen LogP contribution in [-0.4, -0.2) is 27.6 Å². The number of hydrogen-bond acceptors (Lipinski definition) is 3. The highest BCUT2D eigenvalue weighted by Gasteiger charge is 2.25. The highest BCUT2D eigenvalue weighted by molar-refractivity contribution is 5.39. The topological polar surface area (TPSA) is 34.0 Å². The van der Waals surface area contributed by atoms with E-state index in [2.05, 4.69) is 44.7 Å². The van der Waals surface area contributed by atoms with Gasteiger partial charge in [-0.3, -0.25) is 0 Å². The largest absolute Gasteiger partial charge is 0.356 e. The molecule has 1 saturated heterocycles. The number of imidazole rings is 1. The number of aryl methyl sites for hydroxylation is 1. The van der Waals surface area contributed by atoms with Crippen molar-refractivity contribution >= 4 is 5.82 Å². The van der Waals surface area contributed by atoms with Crippen molar-refractivity contribution in [3.05, 3.63) is 42.6 Å². The molecule has 1 atom stereocenters. The van der Waals surface area contributed by atoms with Gasteiger partial charge in [0.1, 0.15) is 11.6 Å². The monoisotopic (exact) mass is 284 g/mol. The van der Waals surface area contributed by atoms with E-state index < -0.39 is 0 Å². The van der Waals surface area contributed by atoms with Crippen LogP contribution >= 0.6 is 0 Å². The van der Waals surface area contributed by atoms with E-state index in [-0.39, 0.29) is 0 Å². The van der Waals surface area contributed by atoms with Crippen LogP contribution in [0.5, 0.6) is 0 Å². The lowest BCUT2D eigenvalue weighted by molar-refractivity contribution is 0.464. The molecule has 2 aromatic rings. The number of rotatable bonds is 5. The van der Waals surface area contributed by atoms with Crippen molar-refractivity contribution in [1.29, 1.82) is 0 Å². The molecule has 2 aromatic heterocycles. The maximum atomic E-state index is 4.64. The second-order valence-electron chi connectivity index (χ2n) is 5.81. The highest BCUT2D eigenvalue weighted by atomic mass is 15.2. The third-order valence-electron chi connectivity index (χ3n) is 4.26. The molecule has 4 heteroatoms. The minimum Gasteiger partial charge on any atom is -0.356 e. The molecule has 0 saturated carbocycles. The van der Waals surface area contributed by atoms with Crippen LogP contribution in [0.15, 0.2) is 36.8 Å². The average molecular weight is 284 g/mol. The van der Waals surface area contributed by atoms with Gasteiger partial charge in [-0.15, -0.1) is 0 Å². The Balaban J connectivity index is 1.73. The van der Waals surface area contributed by atoms with Crippen LogP contribution in [0, 0.1) is 0 Å². The first-order chi connectivity index (χ1) is 10.4. The quantitative estimate of drug-likeness (QED) is 0.843. The Bertz CT molecular complexity index is 549. The Morgan fingerprint density at radius 2 is 2.19 bits per heavy atom. The van der Waals surface area contributed by atoms with Gasteiger partial charge in [0.25, 0.3) is 0 Å². The molecule has 1 aliphatic heterocycles. The van der Waals surface area contributed by atoms with Gasteiger partial charge >= 0.3 is 0 Å². The van der Waals surface area contributed by atoms with Crippen molar-refractivity contribution in [2.24, 2.45) is 0 Å². The molecule has 0 spiro atoms. The van der Waals surface area contributed by atoms with Gasteiger partial charge in [-0.05, 0) is 31.4 Å². The van der Waals surface area contributed by atoms with E-state index in [1.54, 1.807) is 0 Å². The van der Waals surface area contributed by atoms with Gasteiger partial charge in [-0.25, -0.2) is 9.97 Å². The fourth-order valence-electron chi connectivity index (χ4n) is 3.13. The Kier molecular flexibility index (Phi) is 4.53. The minimum absolute atomic E-state index is 0.521. The first-order valence-corrected chi connectivity index (χ1v) is 8.05. The Morgan fingerprint density at radius 3 is 3.00 bits per heavy atom. The van der Waals surface area contributed by atoms with Crippen LogP contribution < -0.4 is 4.90 Å². The summed E-state index contributed by atoms with van der Waals surface area (Å²) in [6, 6.07) is 6.14. The summed E-state index contributed by atoms with van der Waals surface area (Å²) >= 11 is 0. The predicted molar refractivity (Wildman–Crippen MR) is 85.6 cm³/mol. The molecule has 3 rings (SSSR count). The molecule has 4 nitrogen and oxygen atoms in total. The Morgan fingerprint density at radius 1 is 1.24 bits per heavy atom. The summed E-state index contributed by atoms with van der Waals surface area (Å²) in [5.74, 6) is 2.87. The van der Waals surface area contributed by atoms with Crippen LogP contribution in [-0.2, 0) is 6.54 Å². The molecule has 1 fully saturated rings. The molecule has 0 N–H and O–H groups in total. The molecule has 0 bridgehead atoms. The fourth-order valence-corrected chi connectivity index (χ4v) is 3.13. The maximum Gasteiger partial charge on any atom is 0.128 e. The fraction of sp³-hybridized carbons (Fsp3) is 0.529. The molecule has 0 aliphatic carbocycles. The molecule has 112 valence electrons. The number of anilines is 1. The van der Waals surface area contributed by atoms with Crippen LogP contribution in [0.2, 0.25) is 0 Å². The molecule has 0 aromatic carbocycles. The van der Waals surface area contributed by atoms with E-state index in [1.807, 2.05) is 18.5 Å². The third-order valence-corrected chi connectivity index (χ3v) is 4.26. The van der Waals surface area contributed by atoms with Gasteiger partial charge in [0, 0.05) is 44.1 Å². The van der Waals surface area contributed by atoms with Crippen LogP contribution in [0.3, 0.4) is 0 Å². The smallest absolute Gasteiger partial charge is 0.128 e. The summed E-state index contributed by atoms with van der Waals surface area (Å²) in [7, 11) is 0. The van der Waals surface area contributed by atoms with Gasteiger partial charge in [0.2, 0.25) is 0 Å². The lowest BCUT2D eigenvalue weighted by atomic mass is 9.97. The van der Waals surface area contributed by atoms with E-state index in [1.165, 1.54) is 31.5 Å². The van der Waals surface area contributed by atoms with Crippen molar-refractivity contribution in [3.63, 3.8) is 0 Å². The zero-order valence-corrected chi connectivity index (χ0v) is 12.8. The van der Waals surface area contributed by atoms with Crippen LogP contribution in [0.25, 0.3) is 0 Å². The van der Waals surface area contributed by atoms with Crippen molar-refractivity contribution < 1.29 is 0 Å². The van der Waals surface area contributed by atoms with Crippen molar-refractivity contribution in [2.45, 2.75) is 45.1 Å². The lowest BCUT2D eigenvalue weighted by Gasteiger charge is -2.33. The summed E-state index contributed by atoms with van der Waals surface area (Å²) in [6.45, 7) is 5.45. The Hall–Kier alpha value is -1.84. The van der Waals surface area contributed by atoms with Gasteiger partial charge in [0.15, 0.2) is 0 Å². The second-order valence-corrected chi connectivity index (χ2v) is 5.81. The third kappa shape index (κ3) is 3.26. The number of nitrogens with zero attached hydrogens (tertiary/aromatic N) is 4. The van der Waals surface area contributed by atoms with E-state index in [0.717, 1.165) is 25.5 Å². The van der Waals surface area contributed by atoms with Gasteiger partial charge in [0.05, 0.1) is 0 Å². The van der Waals surface area contributed by atoms with E-state index in [9.17, 15) is 0 Å². The van der Waals surface area contributed by atoms with Crippen LogP contribution in [0.1, 0.15) is 44.3 Å². The molecular weight excluding hydrogens is 260 g/mol. The molecule has 21 heavy (non-hydrogen) atoms. The van der Waals surface area contributed by atoms with Crippen molar-refractivity contribution in [1.82, 2.24) is 14.5 Å². The summed E-state index contributed by atoms with van der Waals surface area (Å²) in [4.78, 5) is 11.5. The predicted octanol–water partition coefficient (Wildman–Crippen LogP) is 3.46. The van der Waals surface area contributed by atoms with Crippen molar-refractivity contribution in [2.75, 3.05) is 18.0 Å². The van der Waals surface area contributed by atoms with Crippen molar-refractivity contribution in [3.8, 4) is 0 Å². The lowest BCUT2D eigenvalue weighted by Crippen LogP contribution is -2.35. The summed E-state index contributed by atoms with van der Waals surface area (Å²) < 4.78 is 2.34.